The second-order valence-electron chi connectivity index (χ2n) is 5.18. The first kappa shape index (κ1) is 14.8. The van der Waals surface area contributed by atoms with Crippen LogP contribution in [0.1, 0.15) is 5.56 Å². The minimum Gasteiger partial charge on any atom is -0.337 e. The van der Waals surface area contributed by atoms with Gasteiger partial charge in [-0.15, -0.1) is 0 Å². The van der Waals surface area contributed by atoms with E-state index >= 15 is 0 Å². The zero-order valence-corrected chi connectivity index (χ0v) is 12.5. The van der Waals surface area contributed by atoms with Crippen LogP contribution in [0, 0.1) is 10.1 Å². The van der Waals surface area contributed by atoms with E-state index in [2.05, 4.69) is 17.0 Å². The average molecular weight is 304 g/mol. The molecule has 0 atom stereocenters. The highest BCUT2D eigenvalue weighted by molar-refractivity contribution is 5.64. The summed E-state index contributed by atoms with van der Waals surface area (Å²) in [6.07, 6.45) is 0. The molecule has 0 spiro atoms. The van der Waals surface area contributed by atoms with Gasteiger partial charge in [-0.05, 0) is 29.8 Å². The van der Waals surface area contributed by atoms with Crippen LogP contribution in [0.2, 0.25) is 0 Å². The van der Waals surface area contributed by atoms with E-state index in [0.717, 1.165) is 11.4 Å². The number of anilines is 2. The van der Waals surface area contributed by atoms with E-state index in [9.17, 15) is 10.1 Å². The topological polar surface area (TPSA) is 46.4 Å². The van der Waals surface area contributed by atoms with Crippen LogP contribution in [0.5, 0.6) is 0 Å². The highest BCUT2D eigenvalue weighted by Gasteiger charge is 2.12. The van der Waals surface area contributed by atoms with Crippen molar-refractivity contribution in [2.75, 3.05) is 4.90 Å². The monoisotopic (exact) mass is 304 g/mol. The summed E-state index contributed by atoms with van der Waals surface area (Å²) in [4.78, 5) is 12.6. The molecule has 0 radical (unpaired) electrons. The Balaban J connectivity index is 1.96. The standard InChI is InChI=1S/C19H16N2O2/c22-21(23)19-13-11-18(12-14-19)20(17-9-5-2-6-10-17)15-16-7-3-1-4-8-16/h1-14H,15H2. The van der Waals surface area contributed by atoms with Crippen molar-refractivity contribution in [3.63, 3.8) is 0 Å². The van der Waals surface area contributed by atoms with Gasteiger partial charge in [-0.3, -0.25) is 10.1 Å². The van der Waals surface area contributed by atoms with Crippen LogP contribution in [-0.2, 0) is 6.54 Å². The zero-order chi connectivity index (χ0) is 16.1. The van der Waals surface area contributed by atoms with Gasteiger partial charge in [-0.1, -0.05) is 48.5 Å². The van der Waals surface area contributed by atoms with E-state index in [1.54, 1.807) is 12.1 Å². The van der Waals surface area contributed by atoms with Crippen LogP contribution in [0.4, 0.5) is 17.1 Å². The van der Waals surface area contributed by atoms with Crippen LogP contribution in [0.25, 0.3) is 0 Å². The highest BCUT2D eigenvalue weighted by atomic mass is 16.6. The summed E-state index contributed by atoms with van der Waals surface area (Å²) in [5, 5.41) is 10.8. The molecular weight excluding hydrogens is 288 g/mol. The van der Waals surface area contributed by atoms with E-state index in [-0.39, 0.29) is 10.6 Å². The number of hydrogen-bond donors (Lipinski definition) is 0. The first-order valence-corrected chi connectivity index (χ1v) is 7.35. The maximum absolute atomic E-state index is 10.8. The van der Waals surface area contributed by atoms with Crippen LogP contribution >= 0.6 is 0 Å². The van der Waals surface area contributed by atoms with Crippen molar-refractivity contribution < 1.29 is 4.92 Å². The fourth-order valence-electron chi connectivity index (χ4n) is 2.46. The molecule has 114 valence electrons. The molecule has 0 unspecified atom stereocenters. The molecule has 3 aromatic carbocycles. The summed E-state index contributed by atoms with van der Waals surface area (Å²) in [6, 6.07) is 26.8. The molecule has 0 saturated carbocycles. The van der Waals surface area contributed by atoms with Crippen molar-refractivity contribution in [1.29, 1.82) is 0 Å². The number of para-hydroxylation sites is 1. The third-order valence-electron chi connectivity index (χ3n) is 3.62. The van der Waals surface area contributed by atoms with Gasteiger partial charge in [-0.25, -0.2) is 0 Å². The summed E-state index contributed by atoms with van der Waals surface area (Å²) in [5.74, 6) is 0. The number of nitrogens with zero attached hydrogens (tertiary/aromatic N) is 2. The smallest absolute Gasteiger partial charge is 0.269 e. The molecule has 0 saturated heterocycles. The molecule has 3 rings (SSSR count). The molecule has 0 aliphatic heterocycles. The van der Waals surface area contributed by atoms with Gasteiger partial charge >= 0.3 is 0 Å². The maximum Gasteiger partial charge on any atom is 0.269 e. The van der Waals surface area contributed by atoms with Gasteiger partial charge in [0.05, 0.1) is 4.92 Å². The number of benzene rings is 3. The molecule has 0 fully saturated rings. The van der Waals surface area contributed by atoms with E-state index in [0.29, 0.717) is 6.54 Å². The second-order valence-corrected chi connectivity index (χ2v) is 5.18. The molecule has 0 heterocycles. The summed E-state index contributed by atoms with van der Waals surface area (Å²) in [5.41, 5.74) is 3.24. The van der Waals surface area contributed by atoms with Crippen molar-refractivity contribution in [3.8, 4) is 0 Å². The van der Waals surface area contributed by atoms with Crippen LogP contribution < -0.4 is 4.90 Å². The van der Waals surface area contributed by atoms with Crippen LogP contribution in [-0.4, -0.2) is 4.92 Å². The quantitative estimate of drug-likeness (QED) is 0.496. The van der Waals surface area contributed by atoms with Gasteiger partial charge in [0.2, 0.25) is 0 Å². The predicted molar refractivity (Wildman–Crippen MR) is 91.8 cm³/mol. The largest absolute Gasteiger partial charge is 0.337 e. The molecule has 0 aliphatic rings. The fraction of sp³-hybridized carbons (Fsp3) is 0.0526. The first-order chi connectivity index (χ1) is 11.2. The molecule has 4 heteroatoms. The van der Waals surface area contributed by atoms with Crippen LogP contribution in [0.15, 0.2) is 84.9 Å². The summed E-state index contributed by atoms with van der Waals surface area (Å²) in [6.45, 7) is 0.697. The predicted octanol–water partition coefficient (Wildman–Crippen LogP) is 4.93. The molecular formula is C19H16N2O2. The molecule has 4 nitrogen and oxygen atoms in total. The fourth-order valence-corrected chi connectivity index (χ4v) is 2.46. The van der Waals surface area contributed by atoms with Crippen molar-refractivity contribution in [2.45, 2.75) is 6.54 Å². The Labute approximate surface area is 134 Å². The Bertz CT molecular complexity index is 771. The highest BCUT2D eigenvalue weighted by Crippen LogP contribution is 2.28. The lowest BCUT2D eigenvalue weighted by atomic mass is 10.1. The van der Waals surface area contributed by atoms with Crippen molar-refractivity contribution >= 4 is 17.1 Å². The SMILES string of the molecule is O=[N+]([O-])c1ccc(N(Cc2ccccc2)c2ccccc2)cc1. The van der Waals surface area contributed by atoms with Gasteiger partial charge in [-0.2, -0.15) is 0 Å². The Kier molecular flexibility index (Phi) is 4.34. The van der Waals surface area contributed by atoms with Gasteiger partial charge < -0.3 is 4.90 Å². The van der Waals surface area contributed by atoms with Gasteiger partial charge in [0.15, 0.2) is 0 Å². The van der Waals surface area contributed by atoms with Crippen molar-refractivity contribution in [1.82, 2.24) is 0 Å². The second kappa shape index (κ2) is 6.75. The van der Waals surface area contributed by atoms with Crippen LogP contribution in [0.3, 0.4) is 0 Å². The lowest BCUT2D eigenvalue weighted by molar-refractivity contribution is -0.384. The third-order valence-corrected chi connectivity index (χ3v) is 3.62. The normalized spacial score (nSPS) is 10.3. The lowest BCUT2D eigenvalue weighted by Crippen LogP contribution is -2.16. The Morgan fingerprint density at radius 2 is 1.26 bits per heavy atom. The van der Waals surface area contributed by atoms with Crippen molar-refractivity contribution in [2.24, 2.45) is 0 Å². The summed E-state index contributed by atoms with van der Waals surface area (Å²) >= 11 is 0. The number of nitro benzene ring substituents is 1. The molecule has 23 heavy (non-hydrogen) atoms. The number of hydrogen-bond acceptors (Lipinski definition) is 3. The summed E-state index contributed by atoms with van der Waals surface area (Å²) in [7, 11) is 0. The van der Waals surface area contributed by atoms with Gasteiger partial charge in [0, 0.05) is 30.1 Å². The molecule has 3 aromatic rings. The van der Waals surface area contributed by atoms with E-state index < -0.39 is 0 Å². The molecule has 0 aliphatic carbocycles. The zero-order valence-electron chi connectivity index (χ0n) is 12.5. The average Bonchev–Trinajstić information content (AvgIpc) is 2.61. The maximum atomic E-state index is 10.8. The Morgan fingerprint density at radius 3 is 1.83 bits per heavy atom. The molecule has 0 amide bonds. The van der Waals surface area contributed by atoms with Gasteiger partial charge in [0.1, 0.15) is 0 Å². The Hall–Kier alpha value is -3.14. The molecule has 0 N–H and O–H groups in total. The van der Waals surface area contributed by atoms with E-state index in [1.807, 2.05) is 48.5 Å². The van der Waals surface area contributed by atoms with E-state index in [4.69, 9.17) is 0 Å². The first-order valence-electron chi connectivity index (χ1n) is 7.35. The Morgan fingerprint density at radius 1 is 0.739 bits per heavy atom. The molecule has 0 aromatic heterocycles. The number of non-ortho nitro benzene ring substituents is 1. The number of nitro groups is 1. The lowest BCUT2D eigenvalue weighted by Gasteiger charge is -2.25. The van der Waals surface area contributed by atoms with E-state index in [1.165, 1.54) is 17.7 Å². The number of rotatable bonds is 5. The molecule has 0 bridgehead atoms. The summed E-state index contributed by atoms with van der Waals surface area (Å²) < 4.78 is 0. The van der Waals surface area contributed by atoms with Gasteiger partial charge in [0.25, 0.3) is 5.69 Å². The third kappa shape index (κ3) is 3.55. The van der Waals surface area contributed by atoms with Crippen molar-refractivity contribution in [3.05, 3.63) is 101 Å². The minimum atomic E-state index is -0.381. The minimum absolute atomic E-state index is 0.0986.